The second kappa shape index (κ2) is 3.95. The van der Waals surface area contributed by atoms with E-state index in [1.165, 1.54) is 0 Å². The number of hydrogen-bond acceptors (Lipinski definition) is 5. The highest BCUT2D eigenvalue weighted by atomic mass is 16.6. The predicted octanol–water partition coefficient (Wildman–Crippen LogP) is -0.169. The van der Waals surface area contributed by atoms with Gasteiger partial charge in [-0.3, -0.25) is 0 Å². The molecule has 0 saturated carbocycles. The zero-order valence-electron chi connectivity index (χ0n) is 6.53. The van der Waals surface area contributed by atoms with Crippen molar-refractivity contribution in [3.05, 3.63) is 17.7 Å². The van der Waals surface area contributed by atoms with E-state index >= 15 is 0 Å². The van der Waals surface area contributed by atoms with Gasteiger partial charge in [-0.15, -0.1) is 5.10 Å². The topological polar surface area (TPSA) is 59.9 Å². The molecule has 0 aliphatic carbocycles. The minimum Gasteiger partial charge on any atom is -0.305 e. The maximum absolute atomic E-state index is 4.65. The Bertz CT molecular complexity index is 228. The number of hydrogen-bond donors (Lipinski definition) is 1. The summed E-state index contributed by atoms with van der Waals surface area (Å²) in [6, 6.07) is 0. The van der Waals surface area contributed by atoms with Crippen LogP contribution in [-0.4, -0.2) is 22.3 Å². The molecule has 0 aromatic carbocycles. The summed E-state index contributed by atoms with van der Waals surface area (Å²) in [5, 5.41) is 7.45. The van der Waals surface area contributed by atoms with Gasteiger partial charge in [-0.1, -0.05) is 0 Å². The van der Waals surface area contributed by atoms with Crippen molar-refractivity contribution in [3.8, 4) is 0 Å². The smallest absolute Gasteiger partial charge is 0.148 e. The molecule has 60 valence electrons. The Labute approximate surface area is 64.8 Å². The third-order valence-electron chi connectivity index (χ3n) is 1.11. The van der Waals surface area contributed by atoms with Crippen molar-refractivity contribution in [1.29, 1.82) is 0 Å². The summed E-state index contributed by atoms with van der Waals surface area (Å²) in [7, 11) is 1.56. The van der Waals surface area contributed by atoms with E-state index in [1.54, 1.807) is 20.2 Å². The highest BCUT2D eigenvalue weighted by Gasteiger charge is 1.94. The summed E-state index contributed by atoms with van der Waals surface area (Å²) in [6.07, 6.45) is 1.60. The van der Waals surface area contributed by atoms with E-state index in [0.29, 0.717) is 12.4 Å². The van der Waals surface area contributed by atoms with Crippen LogP contribution in [0, 0.1) is 6.92 Å². The Balaban J connectivity index is 2.56. The fourth-order valence-corrected chi connectivity index (χ4v) is 0.669. The van der Waals surface area contributed by atoms with E-state index in [4.69, 9.17) is 0 Å². The molecule has 0 spiro atoms. The Hall–Kier alpha value is -1.07. The molecule has 11 heavy (non-hydrogen) atoms. The number of aryl methyl sites for hydroxylation is 1. The fourth-order valence-electron chi connectivity index (χ4n) is 0.669. The molecule has 1 N–H and O–H groups in total. The summed E-state index contributed by atoms with van der Waals surface area (Å²) in [6.45, 7) is 2.34. The number of rotatable bonds is 3. The van der Waals surface area contributed by atoms with Gasteiger partial charge in [0.1, 0.15) is 5.82 Å². The Kier molecular flexibility index (Phi) is 2.88. The molecular weight excluding hydrogens is 144 g/mol. The molecule has 0 unspecified atom stereocenters. The molecule has 1 rings (SSSR count). The minimum absolute atomic E-state index is 0.548. The number of aromatic nitrogens is 3. The summed E-state index contributed by atoms with van der Waals surface area (Å²) in [5.41, 5.74) is 3.48. The third-order valence-corrected chi connectivity index (χ3v) is 1.11. The first kappa shape index (κ1) is 8.03. The molecule has 1 aromatic rings. The molecule has 0 atom stereocenters. The average molecular weight is 154 g/mol. The molecule has 0 bridgehead atoms. The monoisotopic (exact) mass is 154 g/mol. The lowest BCUT2D eigenvalue weighted by atomic mass is 10.5. The quantitative estimate of drug-likeness (QED) is 0.612. The lowest BCUT2D eigenvalue weighted by Gasteiger charge is -1.99. The normalized spacial score (nSPS) is 10.0. The molecule has 0 aliphatic heterocycles. The van der Waals surface area contributed by atoms with Crippen molar-refractivity contribution < 1.29 is 4.84 Å². The zero-order valence-corrected chi connectivity index (χ0v) is 6.53. The molecule has 5 heteroatoms. The maximum atomic E-state index is 4.65. The molecule has 0 aliphatic rings. The van der Waals surface area contributed by atoms with Gasteiger partial charge in [-0.25, -0.2) is 4.98 Å². The van der Waals surface area contributed by atoms with Gasteiger partial charge in [0.15, 0.2) is 0 Å². The second-order valence-electron chi connectivity index (χ2n) is 2.02. The highest BCUT2D eigenvalue weighted by molar-refractivity contribution is 4.93. The molecule has 1 aromatic heterocycles. The largest absolute Gasteiger partial charge is 0.305 e. The lowest BCUT2D eigenvalue weighted by molar-refractivity contribution is 0.0856. The second-order valence-corrected chi connectivity index (χ2v) is 2.02. The van der Waals surface area contributed by atoms with Crippen LogP contribution in [0.15, 0.2) is 6.20 Å². The minimum atomic E-state index is 0.548. The molecule has 5 nitrogen and oxygen atoms in total. The SMILES string of the molecule is CONCc1cnnc(C)n1. The van der Waals surface area contributed by atoms with Gasteiger partial charge in [0.05, 0.1) is 25.5 Å². The molecular formula is C6H10N4O. The van der Waals surface area contributed by atoms with E-state index < -0.39 is 0 Å². The molecule has 0 fully saturated rings. The van der Waals surface area contributed by atoms with E-state index in [-0.39, 0.29) is 0 Å². The van der Waals surface area contributed by atoms with Crippen LogP contribution in [-0.2, 0) is 11.4 Å². The van der Waals surface area contributed by atoms with Gasteiger partial charge in [-0.2, -0.15) is 10.6 Å². The maximum Gasteiger partial charge on any atom is 0.148 e. The highest BCUT2D eigenvalue weighted by Crippen LogP contribution is 1.89. The van der Waals surface area contributed by atoms with Gasteiger partial charge >= 0.3 is 0 Å². The van der Waals surface area contributed by atoms with Crippen molar-refractivity contribution in [2.45, 2.75) is 13.5 Å². The Morgan fingerprint density at radius 3 is 3.09 bits per heavy atom. The van der Waals surface area contributed by atoms with Gasteiger partial charge in [0.2, 0.25) is 0 Å². The average Bonchev–Trinajstić information content (AvgIpc) is 2.01. The van der Waals surface area contributed by atoms with Gasteiger partial charge in [0.25, 0.3) is 0 Å². The lowest BCUT2D eigenvalue weighted by Crippen LogP contribution is -2.13. The predicted molar refractivity (Wildman–Crippen MR) is 38.4 cm³/mol. The molecule has 0 amide bonds. The van der Waals surface area contributed by atoms with Crippen molar-refractivity contribution in [1.82, 2.24) is 20.7 Å². The summed E-state index contributed by atoms with van der Waals surface area (Å²) in [5.74, 6) is 0.667. The van der Waals surface area contributed by atoms with Crippen LogP contribution in [0.2, 0.25) is 0 Å². The Morgan fingerprint density at radius 2 is 2.45 bits per heavy atom. The van der Waals surface area contributed by atoms with Crippen LogP contribution in [0.25, 0.3) is 0 Å². The van der Waals surface area contributed by atoms with Gasteiger partial charge < -0.3 is 4.84 Å². The zero-order chi connectivity index (χ0) is 8.10. The standard InChI is InChI=1S/C6H10N4O/c1-5-9-6(3-7-10-5)4-8-11-2/h3,8H,4H2,1-2H3. The van der Waals surface area contributed by atoms with Crippen LogP contribution in [0.3, 0.4) is 0 Å². The summed E-state index contributed by atoms with van der Waals surface area (Å²) in [4.78, 5) is 8.74. The van der Waals surface area contributed by atoms with Crippen LogP contribution < -0.4 is 5.48 Å². The molecule has 1 heterocycles. The first-order valence-corrected chi connectivity index (χ1v) is 3.24. The first-order chi connectivity index (χ1) is 5.33. The van der Waals surface area contributed by atoms with Gasteiger partial charge in [-0.05, 0) is 6.92 Å². The van der Waals surface area contributed by atoms with E-state index in [2.05, 4.69) is 25.5 Å². The van der Waals surface area contributed by atoms with E-state index in [1.807, 2.05) is 0 Å². The van der Waals surface area contributed by atoms with E-state index in [0.717, 1.165) is 5.69 Å². The van der Waals surface area contributed by atoms with Crippen LogP contribution >= 0.6 is 0 Å². The van der Waals surface area contributed by atoms with Crippen molar-refractivity contribution in [3.63, 3.8) is 0 Å². The first-order valence-electron chi connectivity index (χ1n) is 3.24. The van der Waals surface area contributed by atoms with Gasteiger partial charge in [0, 0.05) is 0 Å². The van der Waals surface area contributed by atoms with Crippen LogP contribution in [0.5, 0.6) is 0 Å². The van der Waals surface area contributed by atoms with Crippen LogP contribution in [0.4, 0.5) is 0 Å². The van der Waals surface area contributed by atoms with Crippen LogP contribution in [0.1, 0.15) is 11.5 Å². The summed E-state index contributed by atoms with van der Waals surface area (Å²) >= 11 is 0. The third kappa shape index (κ3) is 2.57. The van der Waals surface area contributed by atoms with Crippen molar-refractivity contribution in [2.24, 2.45) is 0 Å². The molecule has 0 saturated heterocycles. The molecule has 0 radical (unpaired) electrons. The van der Waals surface area contributed by atoms with Crippen molar-refractivity contribution in [2.75, 3.05) is 7.11 Å². The van der Waals surface area contributed by atoms with Crippen molar-refractivity contribution >= 4 is 0 Å². The Morgan fingerprint density at radius 1 is 1.64 bits per heavy atom. The van der Waals surface area contributed by atoms with E-state index in [9.17, 15) is 0 Å². The number of hydroxylamine groups is 1. The fraction of sp³-hybridized carbons (Fsp3) is 0.500. The number of nitrogens with zero attached hydrogens (tertiary/aromatic N) is 3. The number of nitrogens with one attached hydrogen (secondary N) is 1. The summed E-state index contributed by atoms with van der Waals surface area (Å²) < 4.78 is 0.